The van der Waals surface area contributed by atoms with Crippen LogP contribution in [0.4, 0.5) is 17.1 Å². The van der Waals surface area contributed by atoms with E-state index < -0.39 is 10.0 Å². The summed E-state index contributed by atoms with van der Waals surface area (Å²) < 4.78 is 31.8. The molecule has 9 nitrogen and oxygen atoms in total. The second-order valence-corrected chi connectivity index (χ2v) is 11.8. The second kappa shape index (κ2) is 10.7. The summed E-state index contributed by atoms with van der Waals surface area (Å²) in [5.41, 5.74) is 3.52. The van der Waals surface area contributed by atoms with Gasteiger partial charge >= 0.3 is 0 Å². The summed E-state index contributed by atoms with van der Waals surface area (Å²) in [6.45, 7) is 4.54. The highest BCUT2D eigenvalue weighted by molar-refractivity contribution is 8.18. The summed E-state index contributed by atoms with van der Waals surface area (Å²) in [7, 11) is -3.45. The number of carbonyl (C=O) groups excluding carboxylic acids is 1. The van der Waals surface area contributed by atoms with Gasteiger partial charge in [-0.1, -0.05) is 17.7 Å². The van der Waals surface area contributed by atoms with Crippen LogP contribution in [0.1, 0.15) is 12.5 Å². The molecular weight excluding hydrogens is 534 g/mol. The standard InChI is InChI=1S/C25H24ClN5O4S2/c1-2-37(33,34)30-17-4-5-19(26)21(15-17)28-25-29-24(32)23(36-25)14-16-3-6-20-18(13-16)22(7-8-27-20)31-9-11-35-12-10-31/h3-8,13-15,30H,2,9-12H2,1H3,(H,28,29,32). The van der Waals surface area contributed by atoms with Crippen molar-refractivity contribution < 1.29 is 17.9 Å². The maximum atomic E-state index is 12.7. The number of amides is 1. The zero-order valence-electron chi connectivity index (χ0n) is 19.9. The first-order valence-corrected chi connectivity index (χ1v) is 14.5. The Morgan fingerprint density at radius 3 is 2.81 bits per heavy atom. The van der Waals surface area contributed by atoms with Crippen molar-refractivity contribution in [2.75, 3.05) is 41.7 Å². The Morgan fingerprint density at radius 2 is 2.03 bits per heavy atom. The smallest absolute Gasteiger partial charge is 0.264 e. The third-order valence-electron chi connectivity index (χ3n) is 5.86. The molecule has 0 spiro atoms. The Kier molecular flexibility index (Phi) is 7.38. The van der Waals surface area contributed by atoms with Gasteiger partial charge in [-0.15, -0.1) is 0 Å². The first-order valence-electron chi connectivity index (χ1n) is 11.6. The Bertz CT molecular complexity index is 1540. The maximum Gasteiger partial charge on any atom is 0.264 e. The van der Waals surface area contributed by atoms with Crippen molar-refractivity contribution in [1.29, 1.82) is 0 Å². The molecule has 2 aliphatic heterocycles. The number of nitrogens with one attached hydrogen (secondary N) is 2. The number of morpholine rings is 1. The number of fused-ring (bicyclic) bond motifs is 1. The van der Waals surface area contributed by atoms with E-state index in [4.69, 9.17) is 16.3 Å². The topological polar surface area (TPSA) is 113 Å². The minimum absolute atomic E-state index is 0.0572. The van der Waals surface area contributed by atoms with Gasteiger partial charge in [0.05, 0.1) is 45.8 Å². The number of thioether (sulfide) groups is 1. The molecule has 1 aromatic heterocycles. The number of anilines is 2. The van der Waals surface area contributed by atoms with Gasteiger partial charge in [0.25, 0.3) is 5.91 Å². The molecule has 192 valence electrons. The predicted octanol–water partition coefficient (Wildman–Crippen LogP) is 4.38. The van der Waals surface area contributed by atoms with Gasteiger partial charge in [0, 0.05) is 30.4 Å². The van der Waals surface area contributed by atoms with E-state index in [2.05, 4.69) is 24.9 Å². The number of rotatable bonds is 6. The van der Waals surface area contributed by atoms with Gasteiger partial charge in [-0.05, 0) is 66.7 Å². The summed E-state index contributed by atoms with van der Waals surface area (Å²) in [5, 5.41) is 4.44. The number of aromatic nitrogens is 1. The van der Waals surface area contributed by atoms with E-state index in [0.29, 0.717) is 39.7 Å². The van der Waals surface area contributed by atoms with Crippen LogP contribution in [0.3, 0.4) is 0 Å². The fraction of sp³-hybridized carbons (Fsp3) is 0.240. The van der Waals surface area contributed by atoms with E-state index in [1.54, 1.807) is 19.1 Å². The summed E-state index contributed by atoms with van der Waals surface area (Å²) in [4.78, 5) is 24.4. The molecule has 2 N–H and O–H groups in total. The van der Waals surface area contributed by atoms with Gasteiger partial charge in [0.2, 0.25) is 10.0 Å². The molecule has 0 unspecified atom stereocenters. The molecule has 12 heteroatoms. The van der Waals surface area contributed by atoms with Gasteiger partial charge in [0.1, 0.15) is 0 Å². The minimum atomic E-state index is -3.45. The third kappa shape index (κ3) is 5.90. The molecule has 2 aromatic carbocycles. The number of benzene rings is 2. The van der Waals surface area contributed by atoms with Crippen molar-refractivity contribution in [1.82, 2.24) is 10.3 Å². The summed E-state index contributed by atoms with van der Waals surface area (Å²) in [6, 6.07) is 12.6. The molecule has 1 amide bonds. The maximum absolute atomic E-state index is 12.7. The van der Waals surface area contributed by atoms with Gasteiger partial charge < -0.3 is 15.0 Å². The van der Waals surface area contributed by atoms with E-state index in [-0.39, 0.29) is 11.7 Å². The van der Waals surface area contributed by atoms with Gasteiger partial charge in [-0.3, -0.25) is 14.5 Å². The van der Waals surface area contributed by atoms with Crippen molar-refractivity contribution in [2.45, 2.75) is 6.92 Å². The van der Waals surface area contributed by atoms with Gasteiger partial charge in [-0.2, -0.15) is 0 Å². The zero-order valence-corrected chi connectivity index (χ0v) is 22.3. The normalized spacial score (nSPS) is 18.5. The van der Waals surface area contributed by atoms with Crippen LogP contribution in [0.2, 0.25) is 5.02 Å². The molecule has 0 radical (unpaired) electrons. The number of hydrogen-bond donors (Lipinski definition) is 2. The average molecular weight is 558 g/mol. The number of amidine groups is 1. The Hall–Kier alpha value is -3.12. The molecule has 3 aromatic rings. The summed E-state index contributed by atoms with van der Waals surface area (Å²) >= 11 is 7.47. The molecule has 0 saturated carbocycles. The first kappa shape index (κ1) is 25.5. The Labute approximate surface area is 224 Å². The van der Waals surface area contributed by atoms with E-state index in [1.165, 1.54) is 17.8 Å². The fourth-order valence-electron chi connectivity index (χ4n) is 3.97. The van der Waals surface area contributed by atoms with Crippen LogP contribution < -0.4 is 14.9 Å². The number of sulfonamides is 1. The van der Waals surface area contributed by atoms with Crippen LogP contribution in [-0.4, -0.2) is 56.5 Å². The van der Waals surface area contributed by atoms with E-state index >= 15 is 0 Å². The van der Waals surface area contributed by atoms with Crippen molar-refractivity contribution in [2.24, 2.45) is 4.99 Å². The molecule has 2 aliphatic rings. The number of ether oxygens (including phenoxy) is 1. The van der Waals surface area contributed by atoms with Crippen LogP contribution in [-0.2, 0) is 19.6 Å². The Balaban J connectivity index is 1.41. The van der Waals surface area contributed by atoms with Gasteiger partial charge in [-0.25, -0.2) is 13.4 Å². The highest BCUT2D eigenvalue weighted by Crippen LogP contribution is 2.34. The van der Waals surface area contributed by atoms with Crippen LogP contribution >= 0.6 is 23.4 Å². The molecule has 37 heavy (non-hydrogen) atoms. The van der Waals surface area contributed by atoms with Crippen LogP contribution in [0, 0.1) is 0 Å². The SMILES string of the molecule is CCS(=O)(=O)Nc1ccc(Cl)c(N=C2NC(=O)C(=Cc3ccc4nccc(N5CCOCC5)c4c3)S2)c1. The average Bonchev–Trinajstić information content (AvgIpc) is 3.24. The summed E-state index contributed by atoms with van der Waals surface area (Å²) in [5.74, 6) is -0.333. The lowest BCUT2D eigenvalue weighted by atomic mass is 10.1. The molecule has 2 fully saturated rings. The van der Waals surface area contributed by atoms with E-state index in [9.17, 15) is 13.2 Å². The fourth-order valence-corrected chi connectivity index (χ4v) is 5.60. The number of nitrogens with zero attached hydrogens (tertiary/aromatic N) is 3. The highest BCUT2D eigenvalue weighted by atomic mass is 35.5. The van der Waals surface area contributed by atoms with Crippen LogP contribution in [0.25, 0.3) is 17.0 Å². The molecule has 0 bridgehead atoms. The molecule has 5 rings (SSSR count). The van der Waals surface area contributed by atoms with Crippen molar-refractivity contribution in [3.8, 4) is 0 Å². The number of hydrogen-bond acceptors (Lipinski definition) is 8. The molecule has 3 heterocycles. The molecule has 0 atom stereocenters. The van der Waals surface area contributed by atoms with Crippen molar-refractivity contribution in [3.05, 3.63) is 64.2 Å². The monoisotopic (exact) mass is 557 g/mol. The zero-order chi connectivity index (χ0) is 26.0. The molecular formula is C25H24ClN5O4S2. The van der Waals surface area contributed by atoms with Gasteiger partial charge in [0.15, 0.2) is 5.17 Å². The van der Waals surface area contributed by atoms with Crippen LogP contribution in [0.15, 0.2) is 58.6 Å². The predicted molar refractivity (Wildman–Crippen MR) is 150 cm³/mol. The van der Waals surface area contributed by atoms with Crippen LogP contribution in [0.5, 0.6) is 0 Å². The number of pyridine rings is 1. The lowest BCUT2D eigenvalue weighted by Crippen LogP contribution is -2.36. The first-order chi connectivity index (χ1) is 17.8. The number of aliphatic imine (C=N–C) groups is 1. The highest BCUT2D eigenvalue weighted by Gasteiger charge is 2.24. The quantitative estimate of drug-likeness (QED) is 0.432. The van der Waals surface area contributed by atoms with Crippen molar-refractivity contribution in [3.63, 3.8) is 0 Å². The Morgan fingerprint density at radius 1 is 1.22 bits per heavy atom. The number of carbonyl (C=O) groups is 1. The third-order valence-corrected chi connectivity index (χ3v) is 8.40. The lowest BCUT2D eigenvalue weighted by Gasteiger charge is -2.29. The van der Waals surface area contributed by atoms with E-state index in [0.717, 1.165) is 35.2 Å². The van der Waals surface area contributed by atoms with Crippen molar-refractivity contribution >= 4 is 78.5 Å². The van der Waals surface area contributed by atoms with E-state index in [1.807, 2.05) is 36.5 Å². The molecule has 2 saturated heterocycles. The lowest BCUT2D eigenvalue weighted by molar-refractivity contribution is -0.115. The second-order valence-electron chi connectivity index (χ2n) is 8.36. The molecule has 0 aliphatic carbocycles. The largest absolute Gasteiger partial charge is 0.378 e. The minimum Gasteiger partial charge on any atom is -0.378 e. The number of halogens is 1. The summed E-state index contributed by atoms with van der Waals surface area (Å²) in [6.07, 6.45) is 3.62.